The molecule has 0 unspecified atom stereocenters. The molecule has 2 amide bonds. The quantitative estimate of drug-likeness (QED) is 0.0832. The predicted molar refractivity (Wildman–Crippen MR) is 149 cm³/mol. The van der Waals surface area contributed by atoms with Crippen LogP contribution in [-0.2, 0) is 22.7 Å². The molecule has 0 bridgehead atoms. The Hall–Kier alpha value is -4.28. The monoisotopic (exact) mass is 544 g/mol. The SMILES string of the molecule is O=CNNc1ccccc1Sc1ccc[n+](C/C=C/C[n+]2cccc(Sc3ccccc3NNC=O)c2)c1. The third-order valence-corrected chi connectivity index (χ3v) is 7.33. The van der Waals surface area contributed by atoms with Gasteiger partial charge >= 0.3 is 0 Å². The van der Waals surface area contributed by atoms with Crippen LogP contribution in [0.4, 0.5) is 11.4 Å². The zero-order valence-electron chi connectivity index (χ0n) is 20.5. The highest BCUT2D eigenvalue weighted by Gasteiger charge is 2.09. The van der Waals surface area contributed by atoms with E-state index in [1.807, 2.05) is 73.1 Å². The van der Waals surface area contributed by atoms with Gasteiger partial charge in [0.25, 0.3) is 0 Å². The number of nitrogens with one attached hydrogen (secondary N) is 4. The minimum Gasteiger partial charge on any atom is -0.298 e. The van der Waals surface area contributed by atoms with Gasteiger partial charge in [-0.3, -0.25) is 31.3 Å². The molecule has 2 heterocycles. The summed E-state index contributed by atoms with van der Waals surface area (Å²) in [6.45, 7) is 1.50. The Morgan fingerprint density at radius 1 is 0.605 bits per heavy atom. The summed E-state index contributed by atoms with van der Waals surface area (Å²) in [4.78, 5) is 25.5. The van der Waals surface area contributed by atoms with Crippen LogP contribution in [0.3, 0.4) is 0 Å². The Balaban J connectivity index is 1.34. The fourth-order valence-corrected chi connectivity index (χ4v) is 5.45. The predicted octanol–water partition coefficient (Wildman–Crippen LogP) is 3.97. The van der Waals surface area contributed by atoms with Crippen LogP contribution in [0.2, 0.25) is 0 Å². The molecule has 192 valence electrons. The lowest BCUT2D eigenvalue weighted by atomic mass is 10.3. The highest BCUT2D eigenvalue weighted by Crippen LogP contribution is 2.33. The number of hydrogen-bond acceptors (Lipinski definition) is 6. The molecule has 0 atom stereocenters. The molecule has 0 aliphatic heterocycles. The summed E-state index contributed by atoms with van der Waals surface area (Å²) in [5.41, 5.74) is 12.5. The van der Waals surface area contributed by atoms with Gasteiger partial charge in [-0.1, -0.05) is 47.8 Å². The lowest BCUT2D eigenvalue weighted by molar-refractivity contribution is -0.692. The van der Waals surface area contributed by atoms with Gasteiger partial charge in [-0.2, -0.15) is 0 Å². The van der Waals surface area contributed by atoms with E-state index in [1.165, 1.54) is 0 Å². The first-order valence-corrected chi connectivity index (χ1v) is 13.5. The van der Waals surface area contributed by atoms with Gasteiger partial charge in [-0.05, 0) is 48.6 Å². The second-order valence-corrected chi connectivity index (χ2v) is 10.1. The van der Waals surface area contributed by atoms with Crippen molar-refractivity contribution in [1.82, 2.24) is 10.9 Å². The number of carbonyl (C=O) groups is 2. The van der Waals surface area contributed by atoms with Crippen molar-refractivity contribution in [2.24, 2.45) is 0 Å². The number of anilines is 2. The van der Waals surface area contributed by atoms with E-state index in [4.69, 9.17) is 0 Å². The van der Waals surface area contributed by atoms with Crippen molar-refractivity contribution in [3.8, 4) is 0 Å². The van der Waals surface area contributed by atoms with Crippen molar-refractivity contribution >= 4 is 47.7 Å². The Kier molecular flexibility index (Phi) is 10.2. The molecule has 4 aromatic rings. The summed E-state index contributed by atoms with van der Waals surface area (Å²) in [5.74, 6) is 0. The molecule has 0 saturated carbocycles. The summed E-state index contributed by atoms with van der Waals surface area (Å²) < 4.78 is 4.26. The number of hydrazine groups is 2. The van der Waals surface area contributed by atoms with Gasteiger partial charge in [-0.15, -0.1) is 0 Å². The zero-order valence-corrected chi connectivity index (χ0v) is 22.1. The number of pyridine rings is 2. The second-order valence-electron chi connectivity index (χ2n) is 7.92. The molecular weight excluding hydrogens is 516 g/mol. The first kappa shape index (κ1) is 26.8. The van der Waals surface area contributed by atoms with E-state index in [1.54, 1.807) is 23.5 Å². The molecule has 0 aliphatic carbocycles. The number of para-hydroxylation sites is 2. The van der Waals surface area contributed by atoms with E-state index >= 15 is 0 Å². The van der Waals surface area contributed by atoms with Crippen molar-refractivity contribution in [3.63, 3.8) is 0 Å². The second kappa shape index (κ2) is 14.5. The van der Waals surface area contributed by atoms with Gasteiger partial charge in [0.15, 0.2) is 37.9 Å². The van der Waals surface area contributed by atoms with Crippen molar-refractivity contribution in [1.29, 1.82) is 0 Å². The Morgan fingerprint density at radius 3 is 1.50 bits per heavy atom. The van der Waals surface area contributed by atoms with Crippen LogP contribution in [-0.4, -0.2) is 12.8 Å². The number of rotatable bonds is 14. The lowest BCUT2D eigenvalue weighted by Gasteiger charge is -2.09. The third kappa shape index (κ3) is 8.12. The zero-order chi connectivity index (χ0) is 26.4. The standard InChI is InChI=1S/C28H26N6O2S2/c35-21-29-31-25-11-1-3-13-27(25)37-23-9-7-17-33(19-23)15-5-6-16-34-18-8-10-24(20-34)38-28-14-4-2-12-26(28)32-30-22-36/h1-14,17-22,31-32H,15-16H2/p+2/b6-5+. The molecule has 4 N–H and O–H groups in total. The average molecular weight is 545 g/mol. The molecule has 0 radical (unpaired) electrons. The number of carbonyl (C=O) groups excluding carboxylic acids is 2. The molecule has 2 aromatic heterocycles. The number of nitrogens with zero attached hydrogens (tertiary/aromatic N) is 2. The maximum absolute atomic E-state index is 10.6. The summed E-state index contributed by atoms with van der Waals surface area (Å²) in [7, 11) is 0. The Bertz CT molecular complexity index is 1290. The molecule has 2 aromatic carbocycles. The van der Waals surface area contributed by atoms with Gasteiger partial charge in [0.1, 0.15) is 0 Å². The molecule has 4 rings (SSSR count). The van der Waals surface area contributed by atoms with E-state index in [0.717, 1.165) is 44.0 Å². The molecule has 38 heavy (non-hydrogen) atoms. The van der Waals surface area contributed by atoms with Gasteiger partial charge in [0, 0.05) is 21.9 Å². The van der Waals surface area contributed by atoms with Crippen LogP contribution in [0.1, 0.15) is 0 Å². The molecule has 0 fully saturated rings. The molecule has 0 aliphatic rings. The van der Waals surface area contributed by atoms with Crippen molar-refractivity contribution in [3.05, 3.63) is 110 Å². The summed E-state index contributed by atoms with van der Waals surface area (Å²) in [6.07, 6.45) is 13.8. The average Bonchev–Trinajstić information content (AvgIpc) is 2.95. The Morgan fingerprint density at radius 2 is 1.05 bits per heavy atom. The van der Waals surface area contributed by atoms with Crippen molar-refractivity contribution in [2.45, 2.75) is 32.7 Å². The van der Waals surface area contributed by atoms with E-state index in [9.17, 15) is 9.59 Å². The fourth-order valence-electron chi connectivity index (χ4n) is 3.52. The smallest absolute Gasteiger partial charge is 0.225 e. The number of hydrogen-bond donors (Lipinski definition) is 4. The van der Waals surface area contributed by atoms with Crippen LogP contribution in [0.15, 0.2) is 129 Å². The minimum absolute atomic E-state index is 0.615. The van der Waals surface area contributed by atoms with E-state index in [0.29, 0.717) is 12.8 Å². The van der Waals surface area contributed by atoms with Gasteiger partial charge < -0.3 is 0 Å². The molecular formula is C28H28N6O2S2+2. The first-order valence-electron chi connectivity index (χ1n) is 11.8. The van der Waals surface area contributed by atoms with E-state index in [-0.39, 0.29) is 0 Å². The van der Waals surface area contributed by atoms with Crippen LogP contribution >= 0.6 is 23.5 Å². The summed E-state index contributed by atoms with van der Waals surface area (Å²) in [5, 5.41) is 0. The number of benzene rings is 2. The molecule has 10 heteroatoms. The maximum atomic E-state index is 10.6. The van der Waals surface area contributed by atoms with Gasteiger partial charge in [0.05, 0.1) is 21.2 Å². The number of aromatic nitrogens is 2. The summed E-state index contributed by atoms with van der Waals surface area (Å²) >= 11 is 3.25. The van der Waals surface area contributed by atoms with Crippen molar-refractivity contribution in [2.75, 3.05) is 10.9 Å². The largest absolute Gasteiger partial charge is 0.298 e. The molecule has 8 nitrogen and oxygen atoms in total. The van der Waals surface area contributed by atoms with Gasteiger partial charge in [-0.25, -0.2) is 9.13 Å². The lowest BCUT2D eigenvalue weighted by Crippen LogP contribution is -2.33. The third-order valence-electron chi connectivity index (χ3n) is 5.22. The molecule has 0 spiro atoms. The van der Waals surface area contributed by atoms with E-state index in [2.05, 4.69) is 67.5 Å². The van der Waals surface area contributed by atoms with Crippen LogP contribution in [0.25, 0.3) is 0 Å². The summed E-state index contributed by atoms with van der Waals surface area (Å²) in [6, 6.07) is 23.8. The van der Waals surface area contributed by atoms with Crippen molar-refractivity contribution < 1.29 is 18.7 Å². The van der Waals surface area contributed by atoms with Crippen LogP contribution < -0.4 is 30.8 Å². The van der Waals surface area contributed by atoms with Gasteiger partial charge in [0.2, 0.25) is 12.8 Å². The first-order chi connectivity index (χ1) is 18.7. The highest BCUT2D eigenvalue weighted by molar-refractivity contribution is 7.99. The van der Waals surface area contributed by atoms with Crippen LogP contribution in [0, 0.1) is 0 Å². The molecule has 0 saturated heterocycles. The van der Waals surface area contributed by atoms with E-state index < -0.39 is 0 Å². The fraction of sp³-hybridized carbons (Fsp3) is 0.0714. The highest BCUT2D eigenvalue weighted by atomic mass is 32.2. The van der Waals surface area contributed by atoms with Crippen LogP contribution in [0.5, 0.6) is 0 Å². The number of amides is 2. The maximum Gasteiger partial charge on any atom is 0.225 e. The Labute approximate surface area is 230 Å². The minimum atomic E-state index is 0.615. The number of allylic oxidation sites excluding steroid dienone is 2. The normalized spacial score (nSPS) is 10.6. The topological polar surface area (TPSA) is 90.0 Å².